The number of hydrogen-bond donors (Lipinski definition) is 0. The number of rotatable bonds is 3. The highest BCUT2D eigenvalue weighted by Crippen LogP contribution is 2.08. The lowest BCUT2D eigenvalue weighted by Crippen LogP contribution is -2.15. The Morgan fingerprint density at radius 2 is 2.15 bits per heavy atom. The Morgan fingerprint density at radius 1 is 1.54 bits per heavy atom. The van der Waals surface area contributed by atoms with E-state index in [2.05, 4.69) is 0 Å². The highest BCUT2D eigenvalue weighted by molar-refractivity contribution is 6.63. The zero-order chi connectivity index (χ0) is 9.84. The maximum atomic E-state index is 10.8. The van der Waals surface area contributed by atoms with Crippen LogP contribution in [0.4, 0.5) is 0 Å². The number of carbonyl (C=O) groups is 1. The third kappa shape index (κ3) is 2.89. The van der Waals surface area contributed by atoms with Gasteiger partial charge in [0.1, 0.15) is 7.85 Å². The van der Waals surface area contributed by atoms with Gasteiger partial charge in [0.25, 0.3) is 0 Å². The molecule has 0 aliphatic carbocycles. The van der Waals surface area contributed by atoms with Crippen molar-refractivity contribution in [1.82, 2.24) is 0 Å². The molecule has 0 amide bonds. The Kier molecular flexibility index (Phi) is 3.55. The van der Waals surface area contributed by atoms with E-state index >= 15 is 0 Å². The maximum Gasteiger partial charge on any atom is 0.224 e. The summed E-state index contributed by atoms with van der Waals surface area (Å²) in [6.45, 7) is 1.79. The van der Waals surface area contributed by atoms with Crippen LogP contribution in [0, 0.1) is 5.92 Å². The summed E-state index contributed by atoms with van der Waals surface area (Å²) < 4.78 is 0. The van der Waals surface area contributed by atoms with Crippen LogP contribution in [0.3, 0.4) is 0 Å². The Morgan fingerprint density at radius 3 is 2.69 bits per heavy atom. The minimum absolute atomic E-state index is 0.175. The first kappa shape index (κ1) is 10.3. The lowest BCUT2D eigenvalue weighted by atomic mass is 9.87. The second kappa shape index (κ2) is 4.47. The average Bonchev–Trinajstić information content (AvgIpc) is 2.08. The van der Waals surface area contributed by atoms with E-state index in [4.69, 9.17) is 19.4 Å². The zero-order valence-electron chi connectivity index (χ0n) is 7.46. The molecular weight excluding hydrogens is 182 g/mol. The predicted molar refractivity (Wildman–Crippen MR) is 55.6 cm³/mol. The van der Waals surface area contributed by atoms with Gasteiger partial charge in [-0.05, 0) is 18.0 Å². The first-order valence-electron chi connectivity index (χ1n) is 4.14. The van der Waals surface area contributed by atoms with Crippen LogP contribution in [0.15, 0.2) is 24.3 Å². The summed E-state index contributed by atoms with van der Waals surface area (Å²) in [7, 11) is 5.71. The van der Waals surface area contributed by atoms with Crippen LogP contribution in [0.25, 0.3) is 0 Å². The topological polar surface area (TPSA) is 17.1 Å². The molecule has 3 heteroatoms. The van der Waals surface area contributed by atoms with Crippen molar-refractivity contribution in [3.63, 3.8) is 0 Å². The molecule has 0 spiro atoms. The average molecular weight is 192 g/mol. The Bertz CT molecular complexity index is 312. The van der Waals surface area contributed by atoms with Crippen LogP contribution >= 0.6 is 11.6 Å². The van der Waals surface area contributed by atoms with Gasteiger partial charge in [0.2, 0.25) is 5.24 Å². The molecule has 1 unspecified atom stereocenters. The van der Waals surface area contributed by atoms with Gasteiger partial charge in [-0.2, -0.15) is 0 Å². The Hall–Kier alpha value is -0.755. The van der Waals surface area contributed by atoms with Crippen LogP contribution in [-0.4, -0.2) is 13.1 Å². The lowest BCUT2D eigenvalue weighted by molar-refractivity contribution is -0.114. The SMILES string of the molecule is [B]c1ccccc1CC(C)C(=O)Cl. The molecule has 0 bridgehead atoms. The van der Waals surface area contributed by atoms with Gasteiger partial charge in [-0.3, -0.25) is 4.79 Å². The predicted octanol–water partition coefficient (Wildman–Crippen LogP) is 1.42. The van der Waals surface area contributed by atoms with E-state index in [1.807, 2.05) is 24.3 Å². The summed E-state index contributed by atoms with van der Waals surface area (Å²) in [5.74, 6) is -0.175. The molecule has 0 aliphatic heterocycles. The van der Waals surface area contributed by atoms with E-state index in [0.717, 1.165) is 5.56 Å². The fourth-order valence-electron chi connectivity index (χ4n) is 1.13. The van der Waals surface area contributed by atoms with Gasteiger partial charge >= 0.3 is 0 Å². The van der Waals surface area contributed by atoms with E-state index in [1.165, 1.54) is 0 Å². The third-order valence-corrected chi connectivity index (χ3v) is 2.34. The summed E-state index contributed by atoms with van der Waals surface area (Å²) in [6, 6.07) is 7.50. The summed E-state index contributed by atoms with van der Waals surface area (Å²) >= 11 is 5.35. The standard InChI is InChI=1S/C10H10BClO/c1-7(10(12)13)6-8-4-2-3-5-9(8)11/h2-5,7H,6H2,1H3. The minimum atomic E-state index is -0.316. The summed E-state index contributed by atoms with van der Waals surface area (Å²) in [6.07, 6.45) is 0.606. The van der Waals surface area contributed by atoms with Crippen molar-refractivity contribution in [3.8, 4) is 0 Å². The van der Waals surface area contributed by atoms with Crippen molar-refractivity contribution < 1.29 is 4.79 Å². The fourth-order valence-corrected chi connectivity index (χ4v) is 1.21. The van der Waals surface area contributed by atoms with Crippen LogP contribution < -0.4 is 5.46 Å². The monoisotopic (exact) mass is 192 g/mol. The van der Waals surface area contributed by atoms with Crippen molar-refractivity contribution in [3.05, 3.63) is 29.8 Å². The van der Waals surface area contributed by atoms with Gasteiger partial charge in [-0.25, -0.2) is 0 Å². The molecule has 1 aromatic rings. The smallest absolute Gasteiger partial charge is 0.224 e. The van der Waals surface area contributed by atoms with Crippen LogP contribution in [0.2, 0.25) is 0 Å². The minimum Gasteiger partial charge on any atom is -0.281 e. The normalized spacial score (nSPS) is 12.5. The molecule has 66 valence electrons. The van der Waals surface area contributed by atoms with Crippen LogP contribution in [-0.2, 0) is 11.2 Å². The Labute approximate surface area is 84.5 Å². The highest BCUT2D eigenvalue weighted by atomic mass is 35.5. The molecule has 0 heterocycles. The zero-order valence-corrected chi connectivity index (χ0v) is 8.21. The van der Waals surface area contributed by atoms with Crippen LogP contribution in [0.5, 0.6) is 0 Å². The van der Waals surface area contributed by atoms with Crippen molar-refractivity contribution in [2.45, 2.75) is 13.3 Å². The van der Waals surface area contributed by atoms with E-state index in [0.29, 0.717) is 11.9 Å². The summed E-state index contributed by atoms with van der Waals surface area (Å²) in [4.78, 5) is 10.8. The molecule has 2 radical (unpaired) electrons. The third-order valence-electron chi connectivity index (χ3n) is 1.97. The van der Waals surface area contributed by atoms with E-state index in [9.17, 15) is 4.79 Å². The molecule has 0 saturated heterocycles. The Balaban J connectivity index is 2.74. The van der Waals surface area contributed by atoms with Gasteiger partial charge in [-0.1, -0.05) is 42.2 Å². The molecule has 13 heavy (non-hydrogen) atoms. The molecule has 0 aliphatic rings. The van der Waals surface area contributed by atoms with Crippen LogP contribution in [0.1, 0.15) is 12.5 Å². The van der Waals surface area contributed by atoms with E-state index in [-0.39, 0.29) is 11.2 Å². The lowest BCUT2D eigenvalue weighted by Gasteiger charge is -2.08. The molecule has 1 aromatic carbocycles. The van der Waals surface area contributed by atoms with E-state index < -0.39 is 0 Å². The fraction of sp³-hybridized carbons (Fsp3) is 0.300. The second-order valence-electron chi connectivity index (χ2n) is 3.11. The van der Waals surface area contributed by atoms with Gasteiger partial charge in [0.05, 0.1) is 0 Å². The maximum absolute atomic E-state index is 10.8. The van der Waals surface area contributed by atoms with Crippen molar-refractivity contribution in [2.24, 2.45) is 5.92 Å². The van der Waals surface area contributed by atoms with Gasteiger partial charge in [0, 0.05) is 5.92 Å². The van der Waals surface area contributed by atoms with Crippen molar-refractivity contribution >= 4 is 30.2 Å². The summed E-state index contributed by atoms with van der Waals surface area (Å²) in [5, 5.41) is -0.316. The van der Waals surface area contributed by atoms with E-state index in [1.54, 1.807) is 6.92 Å². The molecule has 1 rings (SSSR count). The molecule has 0 aromatic heterocycles. The number of carbonyl (C=O) groups excluding carboxylic acids is 1. The van der Waals surface area contributed by atoms with Gasteiger partial charge in [-0.15, -0.1) is 0 Å². The molecule has 0 saturated carbocycles. The molecular formula is C10H10BClO. The van der Waals surface area contributed by atoms with Gasteiger partial charge in [0.15, 0.2) is 0 Å². The molecule has 0 N–H and O–H groups in total. The van der Waals surface area contributed by atoms with Crippen molar-refractivity contribution in [2.75, 3.05) is 0 Å². The largest absolute Gasteiger partial charge is 0.281 e. The number of hydrogen-bond acceptors (Lipinski definition) is 1. The highest BCUT2D eigenvalue weighted by Gasteiger charge is 2.10. The summed E-state index contributed by atoms with van der Waals surface area (Å²) in [5.41, 5.74) is 1.69. The van der Waals surface area contributed by atoms with Crippen molar-refractivity contribution in [1.29, 1.82) is 0 Å². The first-order chi connectivity index (χ1) is 6.11. The molecule has 1 nitrogen and oxygen atoms in total. The quantitative estimate of drug-likeness (QED) is 0.523. The molecule has 1 atom stereocenters. The number of benzene rings is 1. The first-order valence-corrected chi connectivity index (χ1v) is 4.51. The van der Waals surface area contributed by atoms with Gasteiger partial charge < -0.3 is 0 Å². The second-order valence-corrected chi connectivity index (χ2v) is 3.48. The molecule has 0 fully saturated rings. The number of halogens is 1.